The van der Waals surface area contributed by atoms with E-state index in [4.69, 9.17) is 11.6 Å². The SMILES string of the molecule is CC(C)[C@@H](CO)n1cc(C(=O)O)c(=O)c2cc(Cc3cccc(Cl)c3F)c(NC3CCNCC3)cc21. The van der Waals surface area contributed by atoms with Crippen molar-refractivity contribution in [3.8, 4) is 0 Å². The van der Waals surface area contributed by atoms with Crippen LogP contribution in [-0.2, 0) is 6.42 Å². The molecule has 2 aromatic carbocycles. The largest absolute Gasteiger partial charge is 0.477 e. The maximum atomic E-state index is 14.8. The number of pyridine rings is 1. The van der Waals surface area contributed by atoms with Gasteiger partial charge in [-0.05, 0) is 61.2 Å². The molecule has 3 aromatic rings. The first kappa shape index (κ1) is 26.1. The summed E-state index contributed by atoms with van der Waals surface area (Å²) in [6.07, 6.45) is 3.29. The maximum absolute atomic E-state index is 14.8. The molecule has 0 saturated carbocycles. The summed E-state index contributed by atoms with van der Waals surface area (Å²) >= 11 is 6.01. The molecule has 36 heavy (non-hydrogen) atoms. The van der Waals surface area contributed by atoms with Crippen molar-refractivity contribution in [2.45, 2.75) is 45.2 Å². The molecule has 1 saturated heterocycles. The molecule has 0 spiro atoms. The summed E-state index contributed by atoms with van der Waals surface area (Å²) in [4.78, 5) is 25.2. The topological polar surface area (TPSA) is 104 Å². The number of carboxylic acid groups (broad SMARTS) is 1. The number of anilines is 1. The molecule has 1 aliphatic rings. The highest BCUT2D eigenvalue weighted by Crippen LogP contribution is 2.31. The van der Waals surface area contributed by atoms with Gasteiger partial charge in [-0.2, -0.15) is 0 Å². The molecule has 7 nitrogen and oxygen atoms in total. The predicted molar refractivity (Wildman–Crippen MR) is 140 cm³/mol. The third-order valence-corrected chi connectivity index (χ3v) is 7.20. The van der Waals surface area contributed by atoms with E-state index in [0.29, 0.717) is 16.6 Å². The third-order valence-electron chi connectivity index (χ3n) is 6.91. The zero-order chi connectivity index (χ0) is 26.0. The van der Waals surface area contributed by atoms with Crippen molar-refractivity contribution >= 4 is 34.2 Å². The van der Waals surface area contributed by atoms with E-state index in [0.717, 1.165) is 31.6 Å². The summed E-state index contributed by atoms with van der Waals surface area (Å²) in [7, 11) is 0. The average molecular weight is 516 g/mol. The Balaban J connectivity index is 1.96. The molecule has 4 rings (SSSR count). The van der Waals surface area contributed by atoms with Gasteiger partial charge in [0.15, 0.2) is 0 Å². The van der Waals surface area contributed by atoms with Crippen molar-refractivity contribution in [2.24, 2.45) is 5.92 Å². The second kappa shape index (κ2) is 11.0. The Kier molecular flexibility index (Phi) is 7.97. The quantitative estimate of drug-likeness (QED) is 0.354. The monoisotopic (exact) mass is 515 g/mol. The highest BCUT2D eigenvalue weighted by Gasteiger charge is 2.24. The number of aliphatic hydroxyl groups is 1. The van der Waals surface area contributed by atoms with E-state index in [-0.39, 0.29) is 41.0 Å². The van der Waals surface area contributed by atoms with Crippen LogP contribution in [0.4, 0.5) is 10.1 Å². The second-order valence-corrected chi connectivity index (χ2v) is 10.1. The van der Waals surface area contributed by atoms with Crippen LogP contribution in [0.15, 0.2) is 41.3 Å². The highest BCUT2D eigenvalue weighted by atomic mass is 35.5. The van der Waals surface area contributed by atoms with E-state index in [9.17, 15) is 24.2 Å². The summed E-state index contributed by atoms with van der Waals surface area (Å²) in [5, 5.41) is 27.0. The molecule has 0 radical (unpaired) electrons. The molecule has 2 heterocycles. The van der Waals surface area contributed by atoms with Gasteiger partial charge in [0.25, 0.3) is 0 Å². The number of fused-ring (bicyclic) bond motifs is 1. The molecule has 9 heteroatoms. The van der Waals surface area contributed by atoms with Gasteiger partial charge >= 0.3 is 5.97 Å². The number of halogens is 2. The summed E-state index contributed by atoms with van der Waals surface area (Å²) in [6.45, 7) is 5.37. The van der Waals surface area contributed by atoms with E-state index in [1.54, 1.807) is 22.8 Å². The number of carbonyl (C=O) groups is 1. The molecule has 1 aromatic heterocycles. The Bertz CT molecular complexity index is 1330. The Morgan fingerprint density at radius 1 is 1.25 bits per heavy atom. The van der Waals surface area contributed by atoms with Gasteiger partial charge in [-0.1, -0.05) is 37.6 Å². The van der Waals surface area contributed by atoms with Crippen LogP contribution < -0.4 is 16.1 Å². The third kappa shape index (κ3) is 5.26. The number of carboxylic acids is 1. The van der Waals surface area contributed by atoms with Gasteiger partial charge in [-0.3, -0.25) is 4.79 Å². The van der Waals surface area contributed by atoms with Crippen molar-refractivity contribution in [1.29, 1.82) is 0 Å². The van der Waals surface area contributed by atoms with E-state index in [1.807, 2.05) is 19.9 Å². The van der Waals surface area contributed by atoms with Crippen LogP contribution in [0.2, 0.25) is 5.02 Å². The van der Waals surface area contributed by atoms with Crippen molar-refractivity contribution in [3.63, 3.8) is 0 Å². The molecule has 1 fully saturated rings. The number of aliphatic hydroxyl groups excluding tert-OH is 1. The number of rotatable bonds is 8. The van der Waals surface area contributed by atoms with Crippen LogP contribution in [0.1, 0.15) is 54.2 Å². The Morgan fingerprint density at radius 3 is 2.61 bits per heavy atom. The summed E-state index contributed by atoms with van der Waals surface area (Å²) in [5.41, 5.74) is 1.31. The van der Waals surface area contributed by atoms with Crippen LogP contribution in [0, 0.1) is 11.7 Å². The van der Waals surface area contributed by atoms with Crippen molar-refractivity contribution in [2.75, 3.05) is 25.0 Å². The lowest BCUT2D eigenvalue weighted by molar-refractivity contribution is 0.0694. The predicted octanol–water partition coefficient (Wildman–Crippen LogP) is 4.44. The van der Waals surface area contributed by atoms with E-state index >= 15 is 0 Å². The smallest absolute Gasteiger partial charge is 0.341 e. The van der Waals surface area contributed by atoms with Crippen molar-refractivity contribution in [3.05, 3.63) is 74.3 Å². The van der Waals surface area contributed by atoms with E-state index in [2.05, 4.69) is 10.6 Å². The summed E-state index contributed by atoms with van der Waals surface area (Å²) in [5.74, 6) is -1.89. The minimum Gasteiger partial charge on any atom is -0.477 e. The number of benzene rings is 2. The van der Waals surface area contributed by atoms with E-state index in [1.165, 1.54) is 12.3 Å². The molecule has 0 unspecified atom stereocenters. The van der Waals surface area contributed by atoms with Crippen LogP contribution >= 0.6 is 11.6 Å². The van der Waals surface area contributed by atoms with Crippen LogP contribution in [0.5, 0.6) is 0 Å². The number of aromatic carboxylic acids is 1. The fraction of sp³-hybridized carbons (Fsp3) is 0.407. The van der Waals surface area contributed by atoms with E-state index < -0.39 is 23.3 Å². The van der Waals surface area contributed by atoms with Gasteiger partial charge < -0.3 is 25.4 Å². The Morgan fingerprint density at radius 2 is 1.97 bits per heavy atom. The molecule has 1 aliphatic heterocycles. The molecule has 0 amide bonds. The molecule has 0 bridgehead atoms. The number of hydrogen-bond acceptors (Lipinski definition) is 5. The number of nitrogens with zero attached hydrogens (tertiary/aromatic N) is 1. The number of piperidine rings is 1. The number of aromatic nitrogens is 1. The van der Waals surface area contributed by atoms with Gasteiger partial charge in [0, 0.05) is 29.7 Å². The van der Waals surface area contributed by atoms with Crippen molar-refractivity contribution in [1.82, 2.24) is 9.88 Å². The number of nitrogens with one attached hydrogen (secondary N) is 2. The first-order chi connectivity index (χ1) is 17.2. The Hall–Kier alpha value is -2.94. The summed E-state index contributed by atoms with van der Waals surface area (Å²) < 4.78 is 16.5. The lowest BCUT2D eigenvalue weighted by atomic mass is 9.97. The standard InChI is InChI=1S/C27H31ClFN3O4/c1-15(2)24(14-33)32-13-20(27(35)36)26(34)19-11-17(10-16-4-3-5-21(28)25(16)29)22(12-23(19)32)31-18-6-8-30-9-7-18/h3-5,11-13,15,18,24,30-31,33H,6-10,14H2,1-2H3,(H,35,36)/t24-/m1/s1. The normalized spacial score (nSPS) is 15.4. The molecule has 4 N–H and O–H groups in total. The zero-order valence-corrected chi connectivity index (χ0v) is 21.1. The molecule has 192 valence electrons. The summed E-state index contributed by atoms with van der Waals surface area (Å²) in [6, 6.07) is 8.02. The molecule has 0 aliphatic carbocycles. The fourth-order valence-corrected chi connectivity index (χ4v) is 5.04. The van der Waals surface area contributed by atoms with Crippen LogP contribution in [0.3, 0.4) is 0 Å². The van der Waals surface area contributed by atoms with Gasteiger partial charge in [-0.15, -0.1) is 0 Å². The van der Waals surface area contributed by atoms with Crippen LogP contribution in [0.25, 0.3) is 10.9 Å². The lowest BCUT2D eigenvalue weighted by Gasteiger charge is -2.28. The van der Waals surface area contributed by atoms with Gasteiger partial charge in [0.2, 0.25) is 5.43 Å². The molecule has 1 atom stereocenters. The molecular formula is C27H31ClFN3O4. The maximum Gasteiger partial charge on any atom is 0.341 e. The second-order valence-electron chi connectivity index (χ2n) is 9.66. The van der Waals surface area contributed by atoms with Crippen LogP contribution in [-0.4, -0.2) is 46.5 Å². The molecular weight excluding hydrogens is 485 g/mol. The lowest BCUT2D eigenvalue weighted by Crippen LogP contribution is -2.35. The average Bonchev–Trinajstić information content (AvgIpc) is 2.84. The highest BCUT2D eigenvalue weighted by molar-refractivity contribution is 6.30. The minimum absolute atomic E-state index is 0.0133. The first-order valence-corrected chi connectivity index (χ1v) is 12.5. The minimum atomic E-state index is -1.34. The Labute approximate surface area is 213 Å². The zero-order valence-electron chi connectivity index (χ0n) is 20.4. The number of hydrogen-bond donors (Lipinski definition) is 4. The van der Waals surface area contributed by atoms with Crippen molar-refractivity contribution < 1.29 is 19.4 Å². The van der Waals surface area contributed by atoms with Gasteiger partial charge in [-0.25, -0.2) is 9.18 Å². The van der Waals surface area contributed by atoms with Gasteiger partial charge in [0.1, 0.15) is 11.4 Å². The fourth-order valence-electron chi connectivity index (χ4n) is 4.84. The first-order valence-electron chi connectivity index (χ1n) is 12.2. The van der Waals surface area contributed by atoms with Gasteiger partial charge in [0.05, 0.1) is 23.2 Å².